The normalized spacial score (nSPS) is 16.3. The summed E-state index contributed by atoms with van der Waals surface area (Å²) in [4.78, 5) is 20.6. The summed E-state index contributed by atoms with van der Waals surface area (Å²) in [6.45, 7) is 6.21. The second-order valence-corrected chi connectivity index (χ2v) is 9.28. The highest BCUT2D eigenvalue weighted by Gasteiger charge is 2.25. The number of amides is 1. The van der Waals surface area contributed by atoms with Gasteiger partial charge in [0.05, 0.1) is 16.9 Å². The predicted octanol–water partition coefficient (Wildman–Crippen LogP) is 3.81. The molecule has 2 aliphatic rings. The number of rotatable bonds is 5. The van der Waals surface area contributed by atoms with E-state index in [0.29, 0.717) is 32.2 Å². The van der Waals surface area contributed by atoms with Gasteiger partial charge in [-0.25, -0.2) is 4.98 Å². The van der Waals surface area contributed by atoms with E-state index in [1.54, 1.807) is 23.9 Å². The number of carbonyl (C=O) groups excluding carboxylic acids is 1. The van der Waals surface area contributed by atoms with Crippen LogP contribution in [0.1, 0.15) is 11.1 Å². The number of halogens is 2. The quantitative estimate of drug-likeness (QED) is 0.517. The van der Waals surface area contributed by atoms with Crippen LogP contribution in [0.5, 0.6) is 5.75 Å². The minimum atomic E-state index is -0.174. The number of aromatic nitrogens is 1. The van der Waals surface area contributed by atoms with Gasteiger partial charge >= 0.3 is 0 Å². The Morgan fingerprint density at radius 1 is 1.26 bits per heavy atom. The Bertz CT molecular complexity index is 1050. The minimum absolute atomic E-state index is 0.0144. The lowest BCUT2D eigenvalue weighted by atomic mass is 10.2. The number of anilines is 2. The van der Waals surface area contributed by atoms with E-state index in [0.717, 1.165) is 49.7 Å². The number of pyridine rings is 1. The van der Waals surface area contributed by atoms with E-state index in [4.69, 9.17) is 27.9 Å². The molecule has 0 spiro atoms. The fourth-order valence-electron chi connectivity index (χ4n) is 3.71. The summed E-state index contributed by atoms with van der Waals surface area (Å²) in [6, 6.07) is 7.54. The van der Waals surface area contributed by atoms with Crippen molar-refractivity contribution in [2.45, 2.75) is 11.9 Å². The van der Waals surface area contributed by atoms with Crippen molar-refractivity contribution in [3.8, 4) is 11.8 Å². The van der Waals surface area contributed by atoms with Crippen molar-refractivity contribution >= 4 is 52.2 Å². The molecular weight excluding hydrogens is 457 g/mol. The van der Waals surface area contributed by atoms with E-state index in [2.05, 4.69) is 26.2 Å². The number of piperazine rings is 1. The van der Waals surface area contributed by atoms with Gasteiger partial charge < -0.3 is 15.0 Å². The molecule has 1 amide bonds. The van der Waals surface area contributed by atoms with Crippen molar-refractivity contribution in [3.63, 3.8) is 0 Å². The standard InChI is InChI=1S/C21H21Cl2N5O2S/c1-13-8-18(23)26-21(15(13)11-24)31-7-6-27-2-4-28(5-3-27)17-10-14(22)9-16-20(17)30-12-19(29)25-16/h8-10H,2-7,12H2,1H3,(H,25,29). The Morgan fingerprint density at radius 2 is 2.03 bits per heavy atom. The maximum absolute atomic E-state index is 11.6. The molecule has 10 heteroatoms. The zero-order valence-corrected chi connectivity index (χ0v) is 19.3. The largest absolute Gasteiger partial charge is 0.479 e. The van der Waals surface area contributed by atoms with Crippen LogP contribution in [-0.2, 0) is 4.79 Å². The molecule has 0 bridgehead atoms. The second-order valence-electron chi connectivity index (χ2n) is 7.37. The smallest absolute Gasteiger partial charge is 0.262 e. The van der Waals surface area contributed by atoms with Crippen LogP contribution in [-0.4, -0.2) is 60.9 Å². The van der Waals surface area contributed by atoms with E-state index < -0.39 is 0 Å². The Hall–Kier alpha value is -2.18. The summed E-state index contributed by atoms with van der Waals surface area (Å²) >= 11 is 13.9. The maximum Gasteiger partial charge on any atom is 0.262 e. The Morgan fingerprint density at radius 3 is 2.77 bits per heavy atom. The fourth-order valence-corrected chi connectivity index (χ4v) is 5.28. The molecule has 1 saturated heterocycles. The van der Waals surface area contributed by atoms with E-state index in [1.165, 1.54) is 0 Å². The third-order valence-corrected chi connectivity index (χ3v) is 6.65. The van der Waals surface area contributed by atoms with Gasteiger partial charge in [-0.15, -0.1) is 11.8 Å². The number of hydrogen-bond acceptors (Lipinski definition) is 7. The summed E-state index contributed by atoms with van der Waals surface area (Å²) in [7, 11) is 0. The molecule has 0 aliphatic carbocycles. The van der Waals surface area contributed by atoms with Crippen LogP contribution in [0.25, 0.3) is 0 Å². The summed E-state index contributed by atoms with van der Waals surface area (Å²) in [6.07, 6.45) is 0. The van der Waals surface area contributed by atoms with Crippen molar-refractivity contribution < 1.29 is 9.53 Å². The predicted molar refractivity (Wildman–Crippen MR) is 124 cm³/mol. The average Bonchev–Trinajstić information content (AvgIpc) is 2.73. The number of fused-ring (bicyclic) bond motifs is 1. The molecule has 0 saturated carbocycles. The highest BCUT2D eigenvalue weighted by Crippen LogP contribution is 2.41. The van der Waals surface area contributed by atoms with Crippen LogP contribution >= 0.6 is 35.0 Å². The van der Waals surface area contributed by atoms with Crippen LogP contribution in [0.3, 0.4) is 0 Å². The lowest BCUT2D eigenvalue weighted by molar-refractivity contribution is -0.118. The van der Waals surface area contributed by atoms with Gasteiger partial charge in [0.25, 0.3) is 5.91 Å². The van der Waals surface area contributed by atoms with Gasteiger partial charge in [0.1, 0.15) is 16.2 Å². The number of aryl methyl sites for hydroxylation is 1. The number of ether oxygens (including phenoxy) is 1. The van der Waals surface area contributed by atoms with Gasteiger partial charge in [-0.05, 0) is 30.7 Å². The summed E-state index contributed by atoms with van der Waals surface area (Å²) in [5, 5.41) is 13.9. The van der Waals surface area contributed by atoms with Crippen LogP contribution in [0.15, 0.2) is 23.2 Å². The van der Waals surface area contributed by atoms with Crippen molar-refractivity contribution in [2.75, 3.05) is 55.3 Å². The molecule has 1 fully saturated rings. The van der Waals surface area contributed by atoms with E-state index in [1.807, 2.05) is 13.0 Å². The van der Waals surface area contributed by atoms with Gasteiger partial charge in [0.2, 0.25) is 0 Å². The molecule has 7 nitrogen and oxygen atoms in total. The molecule has 0 unspecified atom stereocenters. The molecule has 31 heavy (non-hydrogen) atoms. The third-order valence-electron chi connectivity index (χ3n) is 5.28. The Kier molecular flexibility index (Phi) is 6.77. The van der Waals surface area contributed by atoms with E-state index >= 15 is 0 Å². The Balaban J connectivity index is 1.34. The third kappa shape index (κ3) is 5.01. The first kappa shape index (κ1) is 22.0. The molecule has 0 radical (unpaired) electrons. The van der Waals surface area contributed by atoms with Crippen LogP contribution < -0.4 is 15.0 Å². The second kappa shape index (κ2) is 9.53. The maximum atomic E-state index is 11.6. The van der Waals surface area contributed by atoms with E-state index in [-0.39, 0.29) is 12.5 Å². The van der Waals surface area contributed by atoms with Crippen molar-refractivity contribution in [2.24, 2.45) is 0 Å². The first-order valence-corrected chi connectivity index (χ1v) is 11.6. The van der Waals surface area contributed by atoms with Gasteiger partial charge in [0, 0.05) is 43.5 Å². The number of hydrogen-bond donors (Lipinski definition) is 1. The Labute approximate surface area is 195 Å². The fraction of sp³-hybridized carbons (Fsp3) is 0.381. The highest BCUT2D eigenvalue weighted by atomic mass is 35.5. The molecule has 1 aromatic carbocycles. The highest BCUT2D eigenvalue weighted by molar-refractivity contribution is 7.99. The molecule has 4 rings (SSSR count). The van der Waals surface area contributed by atoms with Gasteiger partial charge in [-0.3, -0.25) is 9.69 Å². The van der Waals surface area contributed by atoms with Gasteiger partial charge in [0.15, 0.2) is 12.4 Å². The number of benzene rings is 1. The average molecular weight is 478 g/mol. The first-order chi connectivity index (χ1) is 14.9. The number of nitriles is 1. The van der Waals surface area contributed by atoms with Crippen molar-refractivity contribution in [3.05, 3.63) is 39.5 Å². The molecule has 1 aromatic heterocycles. The number of nitrogens with one attached hydrogen (secondary N) is 1. The summed E-state index contributed by atoms with van der Waals surface area (Å²) in [5.41, 5.74) is 2.97. The zero-order valence-electron chi connectivity index (χ0n) is 17.0. The molecule has 2 aliphatic heterocycles. The number of nitrogens with zero attached hydrogens (tertiary/aromatic N) is 4. The lowest BCUT2D eigenvalue weighted by Crippen LogP contribution is -2.47. The van der Waals surface area contributed by atoms with Crippen LogP contribution in [0.2, 0.25) is 10.2 Å². The first-order valence-electron chi connectivity index (χ1n) is 9.88. The van der Waals surface area contributed by atoms with Crippen LogP contribution in [0.4, 0.5) is 11.4 Å². The lowest BCUT2D eigenvalue weighted by Gasteiger charge is -2.37. The minimum Gasteiger partial charge on any atom is -0.479 e. The van der Waals surface area contributed by atoms with Crippen LogP contribution in [0, 0.1) is 18.3 Å². The molecular formula is C21H21Cl2N5O2S. The van der Waals surface area contributed by atoms with Gasteiger partial charge in [-0.2, -0.15) is 5.26 Å². The monoisotopic (exact) mass is 477 g/mol. The van der Waals surface area contributed by atoms with Gasteiger partial charge in [-0.1, -0.05) is 23.2 Å². The molecule has 0 atom stereocenters. The zero-order chi connectivity index (χ0) is 22.0. The molecule has 162 valence electrons. The molecule has 3 heterocycles. The van der Waals surface area contributed by atoms with Crippen molar-refractivity contribution in [1.82, 2.24) is 9.88 Å². The van der Waals surface area contributed by atoms with E-state index in [9.17, 15) is 10.1 Å². The summed E-state index contributed by atoms with van der Waals surface area (Å²) < 4.78 is 5.68. The topological polar surface area (TPSA) is 81.5 Å². The summed E-state index contributed by atoms with van der Waals surface area (Å²) in [5.74, 6) is 1.33. The van der Waals surface area contributed by atoms with Crippen molar-refractivity contribution in [1.29, 1.82) is 5.26 Å². The number of carbonyl (C=O) groups is 1. The molecule has 1 N–H and O–H groups in total. The SMILES string of the molecule is Cc1cc(Cl)nc(SCCN2CCN(c3cc(Cl)cc4c3OCC(=O)N4)CC2)c1C#N. The molecule has 2 aromatic rings. The number of thioether (sulfide) groups is 1.